The fourth-order valence-corrected chi connectivity index (χ4v) is 2.92. The molecule has 0 heterocycles. The van der Waals surface area contributed by atoms with Gasteiger partial charge in [-0.3, -0.25) is 14.4 Å². The molecule has 0 saturated heterocycles. The van der Waals surface area contributed by atoms with Gasteiger partial charge < -0.3 is 15.7 Å². The minimum absolute atomic E-state index is 0.0716. The zero-order chi connectivity index (χ0) is 19.6. The Morgan fingerprint density at radius 2 is 1.63 bits per heavy atom. The Labute approximate surface area is 159 Å². The van der Waals surface area contributed by atoms with E-state index in [4.69, 9.17) is 0 Å². The second-order valence-corrected chi connectivity index (χ2v) is 6.53. The quantitative estimate of drug-likeness (QED) is 0.599. The summed E-state index contributed by atoms with van der Waals surface area (Å²) in [5.74, 6) is -1.95. The number of carbonyl (C=O) groups excluding carboxylic acids is 2. The topological polar surface area (TPSA) is 95.5 Å². The summed E-state index contributed by atoms with van der Waals surface area (Å²) in [4.78, 5) is 34.8. The lowest BCUT2D eigenvalue weighted by Crippen LogP contribution is -2.34. The Morgan fingerprint density at radius 3 is 2.30 bits per heavy atom. The molecule has 2 aromatic rings. The largest absolute Gasteiger partial charge is 0.481 e. The number of nitrogens with one attached hydrogen (secondary N) is 2. The molecule has 0 saturated carbocycles. The standard InChI is InChI=1S/C21H26N2O4/c1-2-22-19(24)8-5-9-20(25)23-14-18(21(26)27)13-15-10-11-16-6-3-4-7-17(16)12-15/h3-4,6-7,10-12,18H,2,5,8-9,13-14H2,1H3,(H,22,24)(H,23,25)(H,26,27). The predicted octanol–water partition coefficient (Wildman–Crippen LogP) is 2.51. The average molecular weight is 370 g/mol. The first kappa shape index (κ1) is 20.4. The number of aliphatic carboxylic acids is 1. The van der Waals surface area contributed by atoms with Crippen molar-refractivity contribution in [2.75, 3.05) is 13.1 Å². The third kappa shape index (κ3) is 6.73. The number of carboxylic acid groups (broad SMARTS) is 1. The van der Waals surface area contributed by atoms with Gasteiger partial charge in [0.25, 0.3) is 0 Å². The molecule has 0 fully saturated rings. The van der Waals surface area contributed by atoms with Crippen molar-refractivity contribution in [3.8, 4) is 0 Å². The lowest BCUT2D eigenvalue weighted by Gasteiger charge is -2.14. The molecule has 2 aromatic carbocycles. The molecule has 0 aliphatic rings. The van der Waals surface area contributed by atoms with Crippen molar-refractivity contribution in [3.05, 3.63) is 48.0 Å². The molecule has 2 rings (SSSR count). The molecule has 27 heavy (non-hydrogen) atoms. The Kier molecular flexibility index (Phi) is 7.79. The van der Waals surface area contributed by atoms with E-state index in [-0.39, 0.29) is 24.8 Å². The van der Waals surface area contributed by atoms with Crippen LogP contribution in [0.5, 0.6) is 0 Å². The summed E-state index contributed by atoms with van der Waals surface area (Å²) in [6.07, 6.45) is 1.29. The van der Waals surface area contributed by atoms with Gasteiger partial charge in [-0.25, -0.2) is 0 Å². The zero-order valence-corrected chi connectivity index (χ0v) is 15.5. The van der Waals surface area contributed by atoms with Gasteiger partial charge in [0.15, 0.2) is 0 Å². The summed E-state index contributed by atoms with van der Waals surface area (Å²) < 4.78 is 0. The Hall–Kier alpha value is -2.89. The van der Waals surface area contributed by atoms with Crippen LogP contribution in [0.4, 0.5) is 0 Å². The van der Waals surface area contributed by atoms with Crippen molar-refractivity contribution >= 4 is 28.6 Å². The van der Waals surface area contributed by atoms with Crippen molar-refractivity contribution < 1.29 is 19.5 Å². The molecule has 6 heteroatoms. The van der Waals surface area contributed by atoms with Crippen molar-refractivity contribution in [1.82, 2.24) is 10.6 Å². The van der Waals surface area contributed by atoms with Gasteiger partial charge in [0.1, 0.15) is 0 Å². The lowest BCUT2D eigenvalue weighted by atomic mass is 9.97. The van der Waals surface area contributed by atoms with Crippen LogP contribution in [0, 0.1) is 5.92 Å². The highest BCUT2D eigenvalue weighted by Crippen LogP contribution is 2.18. The minimum atomic E-state index is -0.939. The third-order valence-corrected chi connectivity index (χ3v) is 4.37. The number of rotatable bonds is 10. The van der Waals surface area contributed by atoms with Crippen LogP contribution in [-0.4, -0.2) is 36.0 Å². The Balaban J connectivity index is 1.84. The van der Waals surface area contributed by atoms with Crippen molar-refractivity contribution in [2.24, 2.45) is 5.92 Å². The molecule has 6 nitrogen and oxygen atoms in total. The highest BCUT2D eigenvalue weighted by atomic mass is 16.4. The molecule has 144 valence electrons. The molecular formula is C21H26N2O4. The first-order valence-electron chi connectivity index (χ1n) is 9.23. The van der Waals surface area contributed by atoms with E-state index < -0.39 is 11.9 Å². The molecular weight excluding hydrogens is 344 g/mol. The van der Waals surface area contributed by atoms with Crippen LogP contribution in [-0.2, 0) is 20.8 Å². The van der Waals surface area contributed by atoms with Crippen molar-refractivity contribution in [2.45, 2.75) is 32.6 Å². The molecule has 0 bridgehead atoms. The second kappa shape index (κ2) is 10.3. The number of fused-ring (bicyclic) bond motifs is 1. The summed E-state index contributed by atoms with van der Waals surface area (Å²) in [5.41, 5.74) is 0.923. The Morgan fingerprint density at radius 1 is 0.963 bits per heavy atom. The third-order valence-electron chi connectivity index (χ3n) is 4.37. The van der Waals surface area contributed by atoms with Gasteiger partial charge in [0.05, 0.1) is 5.92 Å². The summed E-state index contributed by atoms with van der Waals surface area (Å²) >= 11 is 0. The number of amides is 2. The fourth-order valence-electron chi connectivity index (χ4n) is 2.92. The van der Waals surface area contributed by atoms with Crippen LogP contribution >= 0.6 is 0 Å². The van der Waals surface area contributed by atoms with Gasteiger partial charge in [-0.1, -0.05) is 42.5 Å². The van der Waals surface area contributed by atoms with Crippen LogP contribution in [0.2, 0.25) is 0 Å². The van der Waals surface area contributed by atoms with E-state index in [0.29, 0.717) is 25.8 Å². The molecule has 0 spiro atoms. The first-order chi connectivity index (χ1) is 13.0. The van der Waals surface area contributed by atoms with E-state index in [1.165, 1.54) is 0 Å². The summed E-state index contributed by atoms with van der Waals surface area (Å²) in [5, 5.41) is 17.0. The number of carbonyl (C=O) groups is 3. The SMILES string of the molecule is CCNC(=O)CCCC(=O)NCC(Cc1ccc2ccccc2c1)C(=O)O. The van der Waals surface area contributed by atoms with E-state index in [1.807, 2.05) is 49.4 Å². The fraction of sp³-hybridized carbons (Fsp3) is 0.381. The van der Waals surface area contributed by atoms with Gasteiger partial charge in [-0.15, -0.1) is 0 Å². The zero-order valence-electron chi connectivity index (χ0n) is 15.5. The van der Waals surface area contributed by atoms with E-state index in [9.17, 15) is 19.5 Å². The molecule has 1 unspecified atom stereocenters. The van der Waals surface area contributed by atoms with Crippen molar-refractivity contribution in [1.29, 1.82) is 0 Å². The maximum Gasteiger partial charge on any atom is 0.308 e. The smallest absolute Gasteiger partial charge is 0.308 e. The van der Waals surface area contributed by atoms with Crippen LogP contribution < -0.4 is 10.6 Å². The number of hydrogen-bond acceptors (Lipinski definition) is 3. The van der Waals surface area contributed by atoms with Crippen LogP contribution in [0.15, 0.2) is 42.5 Å². The first-order valence-corrected chi connectivity index (χ1v) is 9.23. The van der Waals surface area contributed by atoms with Gasteiger partial charge in [0.2, 0.25) is 11.8 Å². The van der Waals surface area contributed by atoms with Gasteiger partial charge in [-0.2, -0.15) is 0 Å². The average Bonchev–Trinajstić information content (AvgIpc) is 2.65. The highest BCUT2D eigenvalue weighted by molar-refractivity contribution is 5.83. The molecule has 0 radical (unpaired) electrons. The minimum Gasteiger partial charge on any atom is -0.481 e. The van der Waals surface area contributed by atoms with Gasteiger partial charge >= 0.3 is 5.97 Å². The number of hydrogen-bond donors (Lipinski definition) is 3. The van der Waals surface area contributed by atoms with Crippen LogP contribution in [0.1, 0.15) is 31.7 Å². The molecule has 0 aliphatic heterocycles. The van der Waals surface area contributed by atoms with E-state index in [2.05, 4.69) is 10.6 Å². The van der Waals surface area contributed by atoms with Crippen molar-refractivity contribution in [3.63, 3.8) is 0 Å². The molecule has 1 atom stereocenters. The van der Waals surface area contributed by atoms with Crippen LogP contribution in [0.25, 0.3) is 10.8 Å². The number of carboxylic acids is 1. The van der Waals surface area contributed by atoms with E-state index in [0.717, 1.165) is 16.3 Å². The normalized spacial score (nSPS) is 11.7. The highest BCUT2D eigenvalue weighted by Gasteiger charge is 2.19. The maximum absolute atomic E-state index is 11.9. The number of benzene rings is 2. The van der Waals surface area contributed by atoms with E-state index in [1.54, 1.807) is 0 Å². The monoisotopic (exact) mass is 370 g/mol. The molecule has 3 N–H and O–H groups in total. The summed E-state index contributed by atoms with van der Waals surface area (Å²) in [7, 11) is 0. The molecule has 2 amide bonds. The predicted molar refractivity (Wildman–Crippen MR) is 104 cm³/mol. The molecule has 0 aliphatic carbocycles. The lowest BCUT2D eigenvalue weighted by molar-refractivity contribution is -0.141. The second-order valence-electron chi connectivity index (χ2n) is 6.53. The molecule has 0 aromatic heterocycles. The van der Waals surface area contributed by atoms with Gasteiger partial charge in [-0.05, 0) is 36.1 Å². The summed E-state index contributed by atoms with van der Waals surface area (Å²) in [6.45, 7) is 2.48. The van der Waals surface area contributed by atoms with E-state index >= 15 is 0 Å². The van der Waals surface area contributed by atoms with Gasteiger partial charge in [0, 0.05) is 25.9 Å². The summed E-state index contributed by atoms with van der Waals surface area (Å²) in [6, 6.07) is 13.8. The van der Waals surface area contributed by atoms with Crippen LogP contribution in [0.3, 0.4) is 0 Å². The Bertz CT molecular complexity index is 804. The maximum atomic E-state index is 11.9.